The number of fused-ring (bicyclic) bond motifs is 1. The predicted molar refractivity (Wildman–Crippen MR) is 80.5 cm³/mol. The Balaban J connectivity index is 1.77. The van der Waals surface area contributed by atoms with E-state index >= 15 is 0 Å². The fourth-order valence-electron chi connectivity index (χ4n) is 3.59. The molecule has 3 heteroatoms. The summed E-state index contributed by atoms with van der Waals surface area (Å²) in [5, 5.41) is 3.37. The van der Waals surface area contributed by atoms with Gasteiger partial charge in [0.1, 0.15) is 0 Å². The Morgan fingerprint density at radius 3 is 2.85 bits per heavy atom. The van der Waals surface area contributed by atoms with Crippen molar-refractivity contribution in [2.24, 2.45) is 0 Å². The Labute approximate surface area is 121 Å². The van der Waals surface area contributed by atoms with Crippen LogP contribution in [-0.4, -0.2) is 30.4 Å². The van der Waals surface area contributed by atoms with Crippen molar-refractivity contribution in [3.05, 3.63) is 35.4 Å². The summed E-state index contributed by atoms with van der Waals surface area (Å²) in [6, 6.07) is 8.88. The van der Waals surface area contributed by atoms with Crippen molar-refractivity contribution in [1.82, 2.24) is 10.2 Å². The number of carbonyl (C=O) groups excluding carboxylic acids is 1. The number of aryl methyl sites for hydroxylation is 1. The van der Waals surface area contributed by atoms with Crippen molar-refractivity contribution in [2.75, 3.05) is 13.6 Å². The molecular weight excluding hydrogens is 248 g/mol. The van der Waals surface area contributed by atoms with Gasteiger partial charge in [0.05, 0.1) is 12.1 Å². The lowest BCUT2D eigenvalue weighted by atomic mass is 9.86. The Hall–Kier alpha value is -1.35. The molecule has 1 aromatic rings. The van der Waals surface area contributed by atoms with Gasteiger partial charge in [-0.1, -0.05) is 30.7 Å². The third-order valence-electron chi connectivity index (χ3n) is 4.76. The summed E-state index contributed by atoms with van der Waals surface area (Å²) < 4.78 is 0. The number of amides is 1. The number of likely N-dealkylation sites (N-methyl/N-ethyl adjacent to an activating group) is 1. The molecule has 1 aliphatic heterocycles. The van der Waals surface area contributed by atoms with Crippen molar-refractivity contribution in [3.8, 4) is 0 Å². The van der Waals surface area contributed by atoms with Crippen LogP contribution in [0, 0.1) is 0 Å². The maximum absolute atomic E-state index is 12.7. The SMILES string of the molecule is CN(C(=O)C1CCCCN1)C1CCCc2ccccc21. The zero-order chi connectivity index (χ0) is 13.9. The van der Waals surface area contributed by atoms with E-state index in [1.54, 1.807) is 0 Å². The second-order valence-electron chi connectivity index (χ2n) is 6.06. The van der Waals surface area contributed by atoms with Crippen LogP contribution >= 0.6 is 0 Å². The second-order valence-corrected chi connectivity index (χ2v) is 6.06. The number of benzene rings is 1. The maximum Gasteiger partial charge on any atom is 0.239 e. The average molecular weight is 272 g/mol. The highest BCUT2D eigenvalue weighted by Gasteiger charge is 2.30. The number of hydrogen-bond donors (Lipinski definition) is 1. The molecule has 108 valence electrons. The van der Waals surface area contributed by atoms with Crippen LogP contribution in [0.15, 0.2) is 24.3 Å². The minimum Gasteiger partial charge on any atom is -0.337 e. The van der Waals surface area contributed by atoms with Gasteiger partial charge in [0.25, 0.3) is 0 Å². The van der Waals surface area contributed by atoms with Crippen LogP contribution in [0.4, 0.5) is 0 Å². The van der Waals surface area contributed by atoms with E-state index in [4.69, 9.17) is 0 Å². The molecule has 0 bridgehead atoms. The zero-order valence-corrected chi connectivity index (χ0v) is 12.3. The van der Waals surface area contributed by atoms with Gasteiger partial charge in [0.2, 0.25) is 5.91 Å². The Morgan fingerprint density at radius 1 is 1.20 bits per heavy atom. The molecule has 1 amide bonds. The maximum atomic E-state index is 12.7. The first kappa shape index (κ1) is 13.6. The molecule has 2 aliphatic rings. The number of hydrogen-bond acceptors (Lipinski definition) is 2. The van der Waals surface area contributed by atoms with Crippen LogP contribution in [0.3, 0.4) is 0 Å². The number of nitrogens with one attached hydrogen (secondary N) is 1. The molecule has 0 aromatic heterocycles. The molecule has 1 N–H and O–H groups in total. The highest BCUT2D eigenvalue weighted by molar-refractivity contribution is 5.82. The van der Waals surface area contributed by atoms with Crippen LogP contribution in [0.2, 0.25) is 0 Å². The Kier molecular flexibility index (Phi) is 4.06. The summed E-state index contributed by atoms with van der Waals surface area (Å²) in [4.78, 5) is 14.7. The largest absolute Gasteiger partial charge is 0.337 e. The van der Waals surface area contributed by atoms with Gasteiger partial charge in [0.15, 0.2) is 0 Å². The topological polar surface area (TPSA) is 32.3 Å². The second kappa shape index (κ2) is 5.96. The fourth-order valence-corrected chi connectivity index (χ4v) is 3.59. The number of rotatable bonds is 2. The highest BCUT2D eigenvalue weighted by atomic mass is 16.2. The van der Waals surface area contributed by atoms with Gasteiger partial charge in [-0.3, -0.25) is 4.79 Å². The molecule has 2 atom stereocenters. The van der Waals surface area contributed by atoms with Crippen molar-refractivity contribution >= 4 is 5.91 Å². The monoisotopic (exact) mass is 272 g/mol. The lowest BCUT2D eigenvalue weighted by Crippen LogP contribution is -2.48. The van der Waals surface area contributed by atoms with E-state index in [0.717, 1.165) is 25.8 Å². The van der Waals surface area contributed by atoms with Gasteiger partial charge in [0, 0.05) is 7.05 Å². The molecule has 1 aliphatic carbocycles. The number of carbonyl (C=O) groups is 1. The van der Waals surface area contributed by atoms with Crippen LogP contribution < -0.4 is 5.32 Å². The molecule has 20 heavy (non-hydrogen) atoms. The van der Waals surface area contributed by atoms with E-state index in [0.29, 0.717) is 0 Å². The van der Waals surface area contributed by atoms with Crippen LogP contribution in [0.5, 0.6) is 0 Å². The van der Waals surface area contributed by atoms with Gasteiger partial charge in [-0.15, -0.1) is 0 Å². The van der Waals surface area contributed by atoms with E-state index in [9.17, 15) is 4.79 Å². The minimum absolute atomic E-state index is 0.0304. The number of nitrogens with zero attached hydrogens (tertiary/aromatic N) is 1. The summed E-state index contributed by atoms with van der Waals surface area (Å²) in [5.41, 5.74) is 2.77. The first-order valence-corrected chi connectivity index (χ1v) is 7.85. The highest BCUT2D eigenvalue weighted by Crippen LogP contribution is 2.33. The van der Waals surface area contributed by atoms with E-state index in [-0.39, 0.29) is 18.0 Å². The van der Waals surface area contributed by atoms with Crippen LogP contribution in [-0.2, 0) is 11.2 Å². The fraction of sp³-hybridized carbons (Fsp3) is 0.588. The van der Waals surface area contributed by atoms with Gasteiger partial charge in [-0.25, -0.2) is 0 Å². The molecule has 3 nitrogen and oxygen atoms in total. The quantitative estimate of drug-likeness (QED) is 0.897. The first-order valence-electron chi connectivity index (χ1n) is 7.85. The summed E-state index contributed by atoms with van der Waals surface area (Å²) in [5.74, 6) is 0.270. The third kappa shape index (κ3) is 2.59. The third-order valence-corrected chi connectivity index (χ3v) is 4.76. The molecule has 2 unspecified atom stereocenters. The lowest BCUT2D eigenvalue weighted by molar-refractivity contribution is -0.135. The van der Waals surface area contributed by atoms with E-state index in [1.165, 1.54) is 30.4 Å². The normalized spacial score (nSPS) is 25.9. The van der Waals surface area contributed by atoms with Crippen LogP contribution in [0.1, 0.15) is 49.3 Å². The van der Waals surface area contributed by atoms with Gasteiger partial charge >= 0.3 is 0 Å². The predicted octanol–water partition coefficient (Wildman–Crippen LogP) is 2.66. The van der Waals surface area contributed by atoms with Gasteiger partial charge in [-0.2, -0.15) is 0 Å². The van der Waals surface area contributed by atoms with Gasteiger partial charge in [-0.05, 0) is 49.8 Å². The number of piperidine rings is 1. The molecule has 1 aromatic carbocycles. The molecule has 1 saturated heterocycles. The van der Waals surface area contributed by atoms with Crippen LogP contribution in [0.25, 0.3) is 0 Å². The Bertz CT molecular complexity index is 480. The van der Waals surface area contributed by atoms with Crippen molar-refractivity contribution < 1.29 is 4.79 Å². The zero-order valence-electron chi connectivity index (χ0n) is 12.3. The van der Waals surface area contributed by atoms with E-state index in [1.807, 2.05) is 11.9 Å². The minimum atomic E-state index is 0.0304. The molecule has 1 heterocycles. The molecule has 0 radical (unpaired) electrons. The smallest absolute Gasteiger partial charge is 0.239 e. The summed E-state index contributed by atoms with van der Waals surface area (Å²) >= 11 is 0. The summed E-state index contributed by atoms with van der Waals surface area (Å²) in [7, 11) is 1.98. The van der Waals surface area contributed by atoms with E-state index in [2.05, 4.69) is 29.6 Å². The first-order chi connectivity index (χ1) is 9.77. The van der Waals surface area contributed by atoms with E-state index < -0.39 is 0 Å². The van der Waals surface area contributed by atoms with Crippen molar-refractivity contribution in [1.29, 1.82) is 0 Å². The molecule has 1 fully saturated rings. The molecular formula is C17H24N2O. The lowest BCUT2D eigenvalue weighted by Gasteiger charge is -2.36. The summed E-state index contributed by atoms with van der Waals surface area (Å²) in [6.07, 6.45) is 6.76. The molecule has 3 rings (SSSR count). The Morgan fingerprint density at radius 2 is 2.05 bits per heavy atom. The van der Waals surface area contributed by atoms with Crippen molar-refractivity contribution in [2.45, 2.75) is 50.6 Å². The van der Waals surface area contributed by atoms with Crippen molar-refractivity contribution in [3.63, 3.8) is 0 Å². The molecule has 0 spiro atoms. The van der Waals surface area contributed by atoms with Gasteiger partial charge < -0.3 is 10.2 Å². The molecule has 0 saturated carbocycles. The summed E-state index contributed by atoms with van der Waals surface area (Å²) in [6.45, 7) is 0.978. The average Bonchev–Trinajstić information content (AvgIpc) is 2.54. The standard InChI is InChI=1S/C17H24N2O/c1-19(17(20)15-10-4-5-12-18-15)16-11-6-8-13-7-2-3-9-14(13)16/h2-3,7,9,15-16,18H,4-6,8,10-12H2,1H3.